The van der Waals surface area contributed by atoms with Gasteiger partial charge in [0.15, 0.2) is 5.60 Å². The molecule has 6 nitrogen and oxygen atoms in total. The van der Waals surface area contributed by atoms with Gasteiger partial charge in [-0.15, -0.1) is 0 Å². The van der Waals surface area contributed by atoms with Crippen molar-refractivity contribution in [2.75, 3.05) is 13.2 Å². The van der Waals surface area contributed by atoms with Crippen LogP contribution in [-0.4, -0.2) is 29.6 Å². The van der Waals surface area contributed by atoms with Crippen molar-refractivity contribution in [2.45, 2.75) is 19.4 Å². The SMILES string of the molecule is CC1(C)Oc2ccc3ccc(=O)oc3c2C(=CNCCO)C1=O. The molecular weight excluding hydrogens is 298 g/mol. The average molecular weight is 315 g/mol. The lowest BCUT2D eigenvalue weighted by atomic mass is 9.87. The van der Waals surface area contributed by atoms with Crippen molar-refractivity contribution in [1.82, 2.24) is 5.32 Å². The summed E-state index contributed by atoms with van der Waals surface area (Å²) in [5.41, 5.74) is -0.385. The molecule has 1 aliphatic rings. The molecule has 0 saturated heterocycles. The van der Waals surface area contributed by atoms with Gasteiger partial charge in [0, 0.05) is 24.2 Å². The van der Waals surface area contributed by atoms with Crippen LogP contribution in [0.3, 0.4) is 0 Å². The summed E-state index contributed by atoms with van der Waals surface area (Å²) < 4.78 is 11.1. The van der Waals surface area contributed by atoms with Gasteiger partial charge in [0.05, 0.1) is 17.7 Å². The fraction of sp³-hybridized carbons (Fsp3) is 0.294. The lowest BCUT2D eigenvalue weighted by Gasteiger charge is -2.32. The number of hydrogen-bond acceptors (Lipinski definition) is 6. The standard InChI is InChI=1S/C17H17NO5/c1-17(2)16(21)11(9-18-7-8-19)14-12(23-17)5-3-10-4-6-13(20)22-15(10)14/h3-6,9,18-19H,7-8H2,1-2H3. The number of aliphatic hydroxyl groups excluding tert-OH is 1. The van der Waals surface area contributed by atoms with Crippen molar-refractivity contribution >= 4 is 22.3 Å². The fourth-order valence-corrected chi connectivity index (χ4v) is 2.59. The Labute approximate surface area is 132 Å². The van der Waals surface area contributed by atoms with Crippen molar-refractivity contribution < 1.29 is 19.1 Å². The van der Waals surface area contributed by atoms with Crippen LogP contribution < -0.4 is 15.7 Å². The van der Waals surface area contributed by atoms with E-state index in [-0.39, 0.29) is 12.4 Å². The molecule has 0 radical (unpaired) electrons. The molecule has 0 saturated carbocycles. The number of aliphatic hydroxyl groups is 1. The number of fused-ring (bicyclic) bond motifs is 3. The zero-order valence-electron chi connectivity index (χ0n) is 12.9. The molecule has 0 amide bonds. The molecule has 0 fully saturated rings. The van der Waals surface area contributed by atoms with E-state index < -0.39 is 11.2 Å². The minimum atomic E-state index is -1.03. The van der Waals surface area contributed by atoms with Gasteiger partial charge >= 0.3 is 5.63 Å². The van der Waals surface area contributed by atoms with Gasteiger partial charge in [0.2, 0.25) is 5.78 Å². The molecule has 120 valence electrons. The number of ether oxygens (including phenoxy) is 1. The van der Waals surface area contributed by atoms with Crippen LogP contribution in [0, 0.1) is 0 Å². The summed E-state index contributed by atoms with van der Waals surface area (Å²) in [6.07, 6.45) is 1.54. The number of carbonyl (C=O) groups is 1. The molecule has 1 aliphatic heterocycles. The summed E-state index contributed by atoms with van der Waals surface area (Å²) in [7, 11) is 0. The second-order valence-electron chi connectivity index (χ2n) is 5.79. The van der Waals surface area contributed by atoms with E-state index in [9.17, 15) is 9.59 Å². The Morgan fingerprint density at radius 2 is 1.96 bits per heavy atom. The number of benzene rings is 1. The highest BCUT2D eigenvalue weighted by molar-refractivity contribution is 6.28. The first-order chi connectivity index (χ1) is 10.9. The van der Waals surface area contributed by atoms with Gasteiger partial charge in [0.1, 0.15) is 11.3 Å². The first-order valence-corrected chi connectivity index (χ1v) is 7.29. The van der Waals surface area contributed by atoms with Gasteiger partial charge in [-0.1, -0.05) is 0 Å². The number of rotatable bonds is 3. The van der Waals surface area contributed by atoms with Crippen LogP contribution in [-0.2, 0) is 4.79 Å². The lowest BCUT2D eigenvalue weighted by Crippen LogP contribution is -2.42. The molecule has 0 bridgehead atoms. The van der Waals surface area contributed by atoms with E-state index in [2.05, 4.69) is 5.32 Å². The maximum Gasteiger partial charge on any atom is 0.336 e. The van der Waals surface area contributed by atoms with E-state index in [1.807, 2.05) is 0 Å². The van der Waals surface area contributed by atoms with E-state index >= 15 is 0 Å². The third-order valence-electron chi connectivity index (χ3n) is 3.68. The number of nitrogens with one attached hydrogen (secondary N) is 1. The van der Waals surface area contributed by atoms with Gasteiger partial charge < -0.3 is 19.6 Å². The molecule has 1 aromatic carbocycles. The monoisotopic (exact) mass is 315 g/mol. The molecule has 6 heteroatoms. The molecular formula is C17H17NO5. The molecule has 0 unspecified atom stereocenters. The minimum absolute atomic E-state index is 0.0602. The fourth-order valence-electron chi connectivity index (χ4n) is 2.59. The maximum absolute atomic E-state index is 12.7. The summed E-state index contributed by atoms with van der Waals surface area (Å²) in [5, 5.41) is 12.5. The van der Waals surface area contributed by atoms with Crippen LogP contribution in [0.25, 0.3) is 16.5 Å². The maximum atomic E-state index is 12.7. The second-order valence-corrected chi connectivity index (χ2v) is 5.79. The van der Waals surface area contributed by atoms with Crippen LogP contribution in [0.5, 0.6) is 5.75 Å². The zero-order chi connectivity index (χ0) is 16.6. The predicted molar refractivity (Wildman–Crippen MR) is 85.3 cm³/mol. The van der Waals surface area contributed by atoms with Crippen molar-refractivity contribution in [1.29, 1.82) is 0 Å². The third-order valence-corrected chi connectivity index (χ3v) is 3.68. The Morgan fingerprint density at radius 3 is 2.70 bits per heavy atom. The van der Waals surface area contributed by atoms with Gasteiger partial charge in [-0.25, -0.2) is 4.79 Å². The third kappa shape index (κ3) is 2.61. The molecule has 23 heavy (non-hydrogen) atoms. The molecule has 0 spiro atoms. The topological polar surface area (TPSA) is 88.8 Å². The van der Waals surface area contributed by atoms with Crippen LogP contribution in [0.2, 0.25) is 0 Å². The second kappa shape index (κ2) is 5.55. The molecule has 0 aliphatic carbocycles. The zero-order valence-corrected chi connectivity index (χ0v) is 12.9. The van der Waals surface area contributed by atoms with Crippen molar-refractivity contribution in [2.24, 2.45) is 0 Å². The smallest absolute Gasteiger partial charge is 0.336 e. The van der Waals surface area contributed by atoms with Crippen LogP contribution in [0.15, 0.2) is 39.7 Å². The summed E-state index contributed by atoms with van der Waals surface area (Å²) >= 11 is 0. The van der Waals surface area contributed by atoms with Gasteiger partial charge in [0.25, 0.3) is 0 Å². The van der Waals surface area contributed by atoms with E-state index in [0.29, 0.717) is 34.4 Å². The van der Waals surface area contributed by atoms with Gasteiger partial charge in [-0.2, -0.15) is 0 Å². The summed E-state index contributed by atoms with van der Waals surface area (Å²) in [6, 6.07) is 6.51. The van der Waals surface area contributed by atoms with Gasteiger partial charge in [-0.3, -0.25) is 4.79 Å². The quantitative estimate of drug-likeness (QED) is 0.506. The van der Waals surface area contributed by atoms with E-state index in [1.165, 1.54) is 12.3 Å². The van der Waals surface area contributed by atoms with Crippen LogP contribution >= 0.6 is 0 Å². The van der Waals surface area contributed by atoms with E-state index in [4.69, 9.17) is 14.3 Å². The van der Waals surface area contributed by atoms with Crippen molar-refractivity contribution in [3.8, 4) is 5.75 Å². The largest absolute Gasteiger partial charge is 0.479 e. The predicted octanol–water partition coefficient (Wildman–Crippen LogP) is 1.46. The average Bonchev–Trinajstić information content (AvgIpc) is 2.50. The van der Waals surface area contributed by atoms with Crippen molar-refractivity contribution in [3.05, 3.63) is 46.4 Å². The van der Waals surface area contributed by atoms with Crippen LogP contribution in [0.1, 0.15) is 19.4 Å². The highest BCUT2D eigenvalue weighted by Crippen LogP contribution is 2.41. The minimum Gasteiger partial charge on any atom is -0.479 e. The first kappa shape index (κ1) is 15.3. The molecule has 0 atom stereocenters. The van der Waals surface area contributed by atoms with E-state index in [1.54, 1.807) is 32.0 Å². The lowest BCUT2D eigenvalue weighted by molar-refractivity contribution is -0.126. The Morgan fingerprint density at radius 1 is 1.22 bits per heavy atom. The van der Waals surface area contributed by atoms with Crippen LogP contribution in [0.4, 0.5) is 0 Å². The highest BCUT2D eigenvalue weighted by Gasteiger charge is 2.40. The highest BCUT2D eigenvalue weighted by atomic mass is 16.5. The normalized spacial score (nSPS) is 17.9. The summed E-state index contributed by atoms with van der Waals surface area (Å²) in [6.45, 7) is 3.62. The Kier molecular flexibility index (Phi) is 3.69. The number of hydrogen-bond donors (Lipinski definition) is 2. The molecule has 1 aromatic heterocycles. The van der Waals surface area contributed by atoms with E-state index in [0.717, 1.165) is 0 Å². The summed E-state index contributed by atoms with van der Waals surface area (Å²) in [5.74, 6) is 0.253. The van der Waals surface area contributed by atoms with Crippen molar-refractivity contribution in [3.63, 3.8) is 0 Å². The summed E-state index contributed by atoms with van der Waals surface area (Å²) in [4.78, 5) is 24.3. The molecule has 2 N–H and O–H groups in total. The Balaban J connectivity index is 2.28. The number of Topliss-reactive ketones (excluding diaryl/α,β-unsaturated/α-hetero) is 1. The Bertz CT molecular complexity index is 863. The molecule has 3 rings (SSSR count). The number of carbonyl (C=O) groups excluding carboxylic acids is 1. The first-order valence-electron chi connectivity index (χ1n) is 7.29. The molecule has 2 aromatic rings. The number of ketones is 1. The Hall–Kier alpha value is -2.60. The molecule has 2 heterocycles. The van der Waals surface area contributed by atoms with Gasteiger partial charge in [-0.05, 0) is 32.0 Å².